The van der Waals surface area contributed by atoms with Gasteiger partial charge in [0.05, 0.1) is 18.1 Å². The highest BCUT2D eigenvalue weighted by Gasteiger charge is 2.26. The first-order chi connectivity index (χ1) is 14.0. The zero-order chi connectivity index (χ0) is 20.8. The largest absolute Gasteiger partial charge is 0.462 e. The maximum Gasteiger partial charge on any atom is 0.338 e. The van der Waals surface area contributed by atoms with E-state index in [1.54, 1.807) is 37.3 Å². The van der Waals surface area contributed by atoms with Crippen LogP contribution in [0.4, 0.5) is 10.1 Å². The molecule has 0 radical (unpaired) electrons. The van der Waals surface area contributed by atoms with Gasteiger partial charge in [0, 0.05) is 18.8 Å². The second-order valence-electron chi connectivity index (χ2n) is 7.39. The number of halogens is 1. The minimum Gasteiger partial charge on any atom is -0.462 e. The summed E-state index contributed by atoms with van der Waals surface area (Å²) >= 11 is 0. The molecule has 1 heterocycles. The van der Waals surface area contributed by atoms with Gasteiger partial charge in [-0.15, -0.1) is 0 Å². The van der Waals surface area contributed by atoms with Gasteiger partial charge in [-0.05, 0) is 68.6 Å². The number of anilines is 1. The summed E-state index contributed by atoms with van der Waals surface area (Å²) in [6.45, 7) is 6.14. The highest BCUT2D eigenvalue weighted by Crippen LogP contribution is 2.24. The van der Waals surface area contributed by atoms with E-state index in [1.165, 1.54) is 12.1 Å². The second-order valence-corrected chi connectivity index (χ2v) is 7.39. The number of hydrogen-bond acceptors (Lipinski definition) is 4. The lowest BCUT2D eigenvalue weighted by Crippen LogP contribution is -2.40. The number of carbonyl (C=O) groups is 2. The molecule has 1 aliphatic rings. The number of benzene rings is 2. The Hall–Kier alpha value is -2.73. The van der Waals surface area contributed by atoms with Crippen molar-refractivity contribution in [2.24, 2.45) is 5.92 Å². The van der Waals surface area contributed by atoms with Gasteiger partial charge in [-0.1, -0.05) is 18.2 Å². The smallest absolute Gasteiger partial charge is 0.338 e. The zero-order valence-electron chi connectivity index (χ0n) is 16.9. The number of nitrogens with zero attached hydrogens (tertiary/aromatic N) is 1. The van der Waals surface area contributed by atoms with Crippen molar-refractivity contribution in [2.75, 3.05) is 25.0 Å². The van der Waals surface area contributed by atoms with E-state index in [1.807, 2.05) is 6.92 Å². The van der Waals surface area contributed by atoms with Gasteiger partial charge in [0.2, 0.25) is 5.91 Å². The molecular weight excluding hydrogens is 371 g/mol. The summed E-state index contributed by atoms with van der Waals surface area (Å²) in [5.74, 6) is -0.804. The normalized spacial score (nSPS) is 17.0. The Morgan fingerprint density at radius 3 is 2.69 bits per heavy atom. The predicted molar refractivity (Wildman–Crippen MR) is 110 cm³/mol. The Bertz CT molecular complexity index is 867. The molecule has 2 aromatic carbocycles. The summed E-state index contributed by atoms with van der Waals surface area (Å²) in [6.07, 6.45) is 1.75. The Morgan fingerprint density at radius 2 is 1.97 bits per heavy atom. The van der Waals surface area contributed by atoms with Crippen LogP contribution in [0.15, 0.2) is 42.5 Å². The molecule has 2 aromatic rings. The van der Waals surface area contributed by atoms with Gasteiger partial charge >= 0.3 is 5.97 Å². The Balaban J connectivity index is 1.64. The molecule has 0 bridgehead atoms. The molecule has 5 nitrogen and oxygen atoms in total. The number of carbonyl (C=O) groups excluding carboxylic acids is 2. The first kappa shape index (κ1) is 21.0. The van der Waals surface area contributed by atoms with Gasteiger partial charge in [-0.2, -0.15) is 0 Å². The lowest BCUT2D eigenvalue weighted by molar-refractivity contribution is -0.121. The average molecular weight is 398 g/mol. The van der Waals surface area contributed by atoms with Crippen molar-refractivity contribution >= 4 is 17.6 Å². The Kier molecular flexibility index (Phi) is 6.99. The fourth-order valence-corrected chi connectivity index (χ4v) is 3.70. The van der Waals surface area contributed by atoms with Crippen LogP contribution in [0, 0.1) is 18.7 Å². The first-order valence-corrected chi connectivity index (χ1v) is 10.0. The quantitative estimate of drug-likeness (QED) is 0.743. The van der Waals surface area contributed by atoms with Gasteiger partial charge in [-0.25, -0.2) is 9.18 Å². The molecule has 0 unspecified atom stereocenters. The maximum absolute atomic E-state index is 13.1. The standard InChI is InChI=1S/C23H27FN2O3/c1-3-29-23(28)20-7-4-8-21(16(20)2)25-22(27)18-6-5-13-26(15-18)14-17-9-11-19(24)12-10-17/h4,7-12,18H,3,5-6,13-15H2,1-2H3,(H,25,27)/t18-/m1/s1. The summed E-state index contributed by atoms with van der Waals surface area (Å²) < 4.78 is 18.2. The average Bonchev–Trinajstić information content (AvgIpc) is 2.71. The molecule has 29 heavy (non-hydrogen) atoms. The number of ether oxygens (including phenoxy) is 1. The van der Waals surface area contributed by atoms with Crippen molar-refractivity contribution in [3.8, 4) is 0 Å². The first-order valence-electron chi connectivity index (χ1n) is 10.0. The number of esters is 1. The van der Waals surface area contributed by atoms with Gasteiger partial charge in [0.1, 0.15) is 5.82 Å². The van der Waals surface area contributed by atoms with Crippen LogP contribution in [0.2, 0.25) is 0 Å². The van der Waals surface area contributed by atoms with Crippen molar-refractivity contribution in [1.82, 2.24) is 4.90 Å². The van der Waals surface area contributed by atoms with Crippen molar-refractivity contribution in [1.29, 1.82) is 0 Å². The second kappa shape index (κ2) is 9.65. The molecule has 3 rings (SSSR count). The molecule has 1 amide bonds. The molecule has 1 fully saturated rings. The van der Waals surface area contributed by atoms with Crippen LogP contribution in [0.1, 0.15) is 41.3 Å². The van der Waals surface area contributed by atoms with Gasteiger partial charge in [0.15, 0.2) is 0 Å². The molecule has 154 valence electrons. The van der Waals surface area contributed by atoms with E-state index in [9.17, 15) is 14.0 Å². The third-order valence-corrected chi connectivity index (χ3v) is 5.28. The molecule has 0 aromatic heterocycles. The van der Waals surface area contributed by atoms with Crippen LogP contribution in [-0.2, 0) is 16.1 Å². The van der Waals surface area contributed by atoms with Crippen LogP contribution < -0.4 is 5.32 Å². The van der Waals surface area contributed by atoms with Crippen molar-refractivity contribution in [3.63, 3.8) is 0 Å². The minimum atomic E-state index is -0.385. The van der Waals surface area contributed by atoms with E-state index in [0.717, 1.165) is 24.9 Å². The molecule has 0 saturated carbocycles. The van der Waals surface area contributed by atoms with E-state index in [0.29, 0.717) is 36.5 Å². The fraction of sp³-hybridized carbons (Fsp3) is 0.391. The zero-order valence-corrected chi connectivity index (χ0v) is 16.9. The molecule has 0 spiro atoms. The van der Waals surface area contributed by atoms with Gasteiger partial charge < -0.3 is 10.1 Å². The number of hydrogen-bond donors (Lipinski definition) is 1. The number of rotatable bonds is 6. The van der Waals surface area contributed by atoms with E-state index >= 15 is 0 Å². The third-order valence-electron chi connectivity index (χ3n) is 5.28. The van der Waals surface area contributed by atoms with E-state index < -0.39 is 0 Å². The molecule has 0 aliphatic carbocycles. The monoisotopic (exact) mass is 398 g/mol. The number of amides is 1. The van der Waals surface area contributed by atoms with Crippen LogP contribution >= 0.6 is 0 Å². The number of likely N-dealkylation sites (tertiary alicyclic amines) is 1. The van der Waals surface area contributed by atoms with Crippen LogP contribution in [0.25, 0.3) is 0 Å². The summed E-state index contributed by atoms with van der Waals surface area (Å²) in [4.78, 5) is 27.2. The van der Waals surface area contributed by atoms with E-state index in [4.69, 9.17) is 4.74 Å². The molecule has 1 N–H and O–H groups in total. The summed E-state index contributed by atoms with van der Waals surface area (Å²) in [5, 5.41) is 2.99. The van der Waals surface area contributed by atoms with Crippen LogP contribution in [-0.4, -0.2) is 36.5 Å². The third kappa shape index (κ3) is 5.41. The fourth-order valence-electron chi connectivity index (χ4n) is 3.70. The van der Waals surface area contributed by atoms with Gasteiger partial charge in [0.25, 0.3) is 0 Å². The predicted octanol–water partition coefficient (Wildman–Crippen LogP) is 4.16. The topological polar surface area (TPSA) is 58.6 Å². The van der Waals surface area contributed by atoms with Crippen molar-refractivity contribution in [3.05, 3.63) is 65.0 Å². The maximum atomic E-state index is 13.1. The number of piperidine rings is 1. The van der Waals surface area contributed by atoms with E-state index in [-0.39, 0.29) is 23.6 Å². The van der Waals surface area contributed by atoms with Crippen molar-refractivity contribution < 1.29 is 18.7 Å². The van der Waals surface area contributed by atoms with Crippen LogP contribution in [0.3, 0.4) is 0 Å². The Morgan fingerprint density at radius 1 is 1.21 bits per heavy atom. The SMILES string of the molecule is CCOC(=O)c1cccc(NC(=O)[C@@H]2CCCN(Cc3ccc(F)cc3)C2)c1C. The number of nitrogens with one attached hydrogen (secondary N) is 1. The summed E-state index contributed by atoms with van der Waals surface area (Å²) in [5.41, 5.74) is 2.84. The van der Waals surface area contributed by atoms with E-state index in [2.05, 4.69) is 10.2 Å². The highest BCUT2D eigenvalue weighted by molar-refractivity contribution is 5.97. The minimum absolute atomic E-state index is 0.0436. The van der Waals surface area contributed by atoms with Gasteiger partial charge in [-0.3, -0.25) is 9.69 Å². The molecule has 6 heteroatoms. The molecule has 1 atom stereocenters. The lowest BCUT2D eigenvalue weighted by atomic mass is 9.96. The van der Waals surface area contributed by atoms with Crippen molar-refractivity contribution in [2.45, 2.75) is 33.2 Å². The molecule has 1 saturated heterocycles. The summed E-state index contributed by atoms with van der Waals surface area (Å²) in [7, 11) is 0. The lowest BCUT2D eigenvalue weighted by Gasteiger charge is -2.32. The Labute approximate surface area is 170 Å². The van der Waals surface area contributed by atoms with Crippen LogP contribution in [0.5, 0.6) is 0 Å². The highest BCUT2D eigenvalue weighted by atomic mass is 19.1. The summed E-state index contributed by atoms with van der Waals surface area (Å²) in [6, 6.07) is 11.7. The molecular formula is C23H27FN2O3. The molecule has 1 aliphatic heterocycles.